The van der Waals surface area contributed by atoms with Crippen molar-refractivity contribution in [1.82, 2.24) is 9.88 Å². The van der Waals surface area contributed by atoms with Crippen molar-refractivity contribution >= 4 is 34.6 Å². The number of aliphatic hydroxyl groups is 1. The Hall–Kier alpha value is -3.49. The summed E-state index contributed by atoms with van der Waals surface area (Å²) in [5.74, 6) is -0.00718. The summed E-state index contributed by atoms with van der Waals surface area (Å²) in [6, 6.07) is 9.07. The van der Waals surface area contributed by atoms with E-state index in [0.29, 0.717) is 67.3 Å². The minimum absolute atomic E-state index is 0. The Bertz CT molecular complexity index is 1270. The Labute approximate surface area is 245 Å². The van der Waals surface area contributed by atoms with Gasteiger partial charge in [-0.1, -0.05) is 26.8 Å². The number of nitrogens with one attached hydrogen (secondary N) is 1. The third kappa shape index (κ3) is 8.50. The molecule has 40 heavy (non-hydrogen) atoms. The number of pyridine rings is 1. The average Bonchev–Trinajstić information content (AvgIpc) is 3.19. The molecule has 2 heterocycles. The lowest BCUT2D eigenvalue weighted by Crippen LogP contribution is -2.30. The van der Waals surface area contributed by atoms with E-state index in [0.717, 1.165) is 11.1 Å². The molecule has 0 spiro atoms. The lowest BCUT2D eigenvalue weighted by Gasteiger charge is -2.26. The van der Waals surface area contributed by atoms with Gasteiger partial charge < -0.3 is 24.6 Å². The normalized spacial score (nSPS) is 12.4. The molecule has 0 amide bonds. The first-order chi connectivity index (χ1) is 18.5. The van der Waals surface area contributed by atoms with Crippen molar-refractivity contribution < 1.29 is 29.3 Å². The van der Waals surface area contributed by atoms with Gasteiger partial charge in [-0.25, -0.2) is 4.98 Å². The van der Waals surface area contributed by atoms with E-state index in [2.05, 4.69) is 11.1 Å². The molecule has 11 heteroatoms. The van der Waals surface area contributed by atoms with Crippen molar-refractivity contribution in [2.24, 2.45) is 0 Å². The van der Waals surface area contributed by atoms with Crippen molar-refractivity contribution in [3.63, 3.8) is 0 Å². The number of carboxylic acids is 1. The number of ether oxygens (including phenoxy) is 2. The van der Waals surface area contributed by atoms with Crippen LogP contribution in [-0.2, 0) is 23.4 Å². The van der Waals surface area contributed by atoms with Crippen LogP contribution in [0.4, 0.5) is 0 Å². The molecule has 3 N–H and O–H groups in total. The number of amidine groups is 1. The number of hydrogen-bond acceptors (Lipinski definition) is 8. The van der Waals surface area contributed by atoms with Crippen molar-refractivity contribution in [2.45, 2.75) is 71.4 Å². The number of rotatable bonds is 14. The maximum absolute atomic E-state index is 13.5. The summed E-state index contributed by atoms with van der Waals surface area (Å²) in [6.07, 6.45) is 1.94. The average molecular weight is 618 g/mol. The minimum Gasteiger partial charge on any atom is -0.490 e. The van der Waals surface area contributed by atoms with Gasteiger partial charge in [-0.05, 0) is 42.9 Å². The number of hydrogen-bond donors (Lipinski definition) is 3. The number of carboxylic acid groups (broad SMARTS) is 1. The Morgan fingerprint density at radius 1 is 1.15 bits per heavy atom. The number of carbonyl (C=O) groups excluding carboxylic acids is 1. The summed E-state index contributed by atoms with van der Waals surface area (Å²) < 4.78 is 12.1. The lowest BCUT2D eigenvalue weighted by molar-refractivity contribution is -0.137. The van der Waals surface area contributed by atoms with Crippen LogP contribution in [0.3, 0.4) is 0 Å². The third-order valence-corrected chi connectivity index (χ3v) is 6.34. The molecule has 2 aromatic rings. The second kappa shape index (κ2) is 14.8. The van der Waals surface area contributed by atoms with Gasteiger partial charge in [0.15, 0.2) is 17.3 Å². The molecule has 216 valence electrons. The monoisotopic (exact) mass is 616 g/mol. The van der Waals surface area contributed by atoms with E-state index >= 15 is 0 Å². The fourth-order valence-corrected chi connectivity index (χ4v) is 4.25. The smallest absolute Gasteiger partial charge is 0.303 e. The number of unbranched alkanes of at least 4 members (excludes halogenated alkanes) is 2. The minimum atomic E-state index is -0.853. The Balaban J connectivity index is 0.00000560. The standard InChI is InChI=1S/C29H36N4O6.BrH/c1-29(2,3)22-14-20(23(35)17-33-16-19-9-10-21(18-34)32-26(19)28(33)31)15-24(38-12-7-5-11-30)27(22)39-13-6-4-8-25(36)37;/h9-10,14-15,31,34H,4-8,12-13,16-18H2,1-3H3,(H,36,37);1H. The van der Waals surface area contributed by atoms with Crippen LogP contribution in [0, 0.1) is 16.7 Å². The molecule has 1 aliphatic heterocycles. The maximum Gasteiger partial charge on any atom is 0.303 e. The number of Topliss-reactive ketones (excluding diaryl/α,β-unsaturated/α-hetero) is 1. The first kappa shape index (κ1) is 32.7. The highest BCUT2D eigenvalue weighted by atomic mass is 79.9. The molecule has 0 bridgehead atoms. The van der Waals surface area contributed by atoms with Crippen LogP contribution in [0.2, 0.25) is 0 Å². The highest BCUT2D eigenvalue weighted by molar-refractivity contribution is 8.93. The summed E-state index contributed by atoms with van der Waals surface area (Å²) in [7, 11) is 0. The molecule has 0 radical (unpaired) electrons. The van der Waals surface area contributed by atoms with Gasteiger partial charge in [-0.15, -0.1) is 17.0 Å². The number of aliphatic carboxylic acids is 1. The fraction of sp³-hybridized carbons (Fsp3) is 0.483. The highest BCUT2D eigenvalue weighted by Crippen LogP contribution is 2.40. The van der Waals surface area contributed by atoms with Crippen molar-refractivity contribution in [1.29, 1.82) is 10.7 Å². The molecule has 3 rings (SSSR count). The predicted octanol–water partition coefficient (Wildman–Crippen LogP) is 4.79. The van der Waals surface area contributed by atoms with E-state index in [9.17, 15) is 14.7 Å². The van der Waals surface area contributed by atoms with Gasteiger partial charge in [0.1, 0.15) is 11.5 Å². The Morgan fingerprint density at radius 2 is 1.88 bits per heavy atom. The predicted molar refractivity (Wildman–Crippen MR) is 155 cm³/mol. The molecule has 1 aliphatic rings. The van der Waals surface area contributed by atoms with E-state index in [4.69, 9.17) is 25.3 Å². The molecule has 0 atom stereocenters. The van der Waals surface area contributed by atoms with Gasteiger partial charge in [-0.2, -0.15) is 5.26 Å². The zero-order chi connectivity index (χ0) is 28.6. The van der Waals surface area contributed by atoms with Gasteiger partial charge in [0.05, 0.1) is 38.1 Å². The van der Waals surface area contributed by atoms with Crippen molar-refractivity contribution in [3.8, 4) is 17.6 Å². The summed E-state index contributed by atoms with van der Waals surface area (Å²) in [6.45, 7) is 6.70. The molecule has 0 fully saturated rings. The van der Waals surface area contributed by atoms with Crippen LogP contribution in [0.15, 0.2) is 24.3 Å². The summed E-state index contributed by atoms with van der Waals surface area (Å²) in [5, 5.41) is 35.7. The second-order valence-corrected chi connectivity index (χ2v) is 10.5. The fourth-order valence-electron chi connectivity index (χ4n) is 4.25. The van der Waals surface area contributed by atoms with Gasteiger partial charge in [0.2, 0.25) is 0 Å². The van der Waals surface area contributed by atoms with E-state index in [1.54, 1.807) is 23.1 Å². The summed E-state index contributed by atoms with van der Waals surface area (Å²) >= 11 is 0. The molecule has 1 aromatic heterocycles. The van der Waals surface area contributed by atoms with Gasteiger partial charge in [0.25, 0.3) is 0 Å². The number of aliphatic hydroxyl groups excluding tert-OH is 1. The zero-order valence-corrected chi connectivity index (χ0v) is 24.9. The van der Waals surface area contributed by atoms with E-state index < -0.39 is 11.4 Å². The SMILES string of the molecule is Br.CC(C)(C)c1cc(C(=O)CN2Cc3ccc(CO)nc3C2=N)cc(OCCCC#N)c1OCCCCC(=O)O. The Kier molecular flexibility index (Phi) is 12.1. The van der Waals surface area contributed by atoms with Crippen LogP contribution < -0.4 is 9.47 Å². The zero-order valence-electron chi connectivity index (χ0n) is 23.2. The molecule has 0 saturated heterocycles. The quantitative estimate of drug-likeness (QED) is 0.200. The number of halogens is 1. The largest absolute Gasteiger partial charge is 0.490 e. The number of nitrogens with zero attached hydrogens (tertiary/aromatic N) is 3. The van der Waals surface area contributed by atoms with Crippen LogP contribution in [0.1, 0.15) is 85.7 Å². The molecule has 0 saturated carbocycles. The van der Waals surface area contributed by atoms with E-state index in [-0.39, 0.29) is 54.8 Å². The number of aromatic nitrogens is 1. The van der Waals surface area contributed by atoms with Crippen LogP contribution in [0.25, 0.3) is 0 Å². The van der Waals surface area contributed by atoms with Gasteiger partial charge in [0, 0.05) is 36.1 Å². The highest BCUT2D eigenvalue weighted by Gasteiger charge is 2.30. The molecular formula is C29H37BrN4O6. The van der Waals surface area contributed by atoms with Crippen LogP contribution >= 0.6 is 17.0 Å². The topological polar surface area (TPSA) is 157 Å². The third-order valence-electron chi connectivity index (χ3n) is 6.34. The van der Waals surface area contributed by atoms with Gasteiger partial charge >= 0.3 is 5.97 Å². The summed E-state index contributed by atoms with van der Waals surface area (Å²) in [4.78, 5) is 30.3. The molecule has 1 aromatic carbocycles. The Morgan fingerprint density at radius 3 is 2.52 bits per heavy atom. The first-order valence-corrected chi connectivity index (χ1v) is 13.0. The number of ketones is 1. The van der Waals surface area contributed by atoms with Crippen molar-refractivity contribution in [3.05, 3.63) is 52.3 Å². The van der Waals surface area contributed by atoms with E-state index in [1.807, 2.05) is 26.8 Å². The van der Waals surface area contributed by atoms with Gasteiger partial charge in [-0.3, -0.25) is 15.0 Å². The lowest BCUT2D eigenvalue weighted by atomic mass is 9.84. The van der Waals surface area contributed by atoms with Crippen LogP contribution in [0.5, 0.6) is 11.5 Å². The first-order valence-electron chi connectivity index (χ1n) is 13.0. The number of carbonyl (C=O) groups is 2. The van der Waals surface area contributed by atoms with E-state index in [1.165, 1.54) is 0 Å². The maximum atomic E-state index is 13.5. The number of benzene rings is 1. The van der Waals surface area contributed by atoms with Crippen molar-refractivity contribution in [2.75, 3.05) is 19.8 Å². The summed E-state index contributed by atoms with van der Waals surface area (Å²) in [5.41, 5.74) is 2.56. The number of nitriles is 1. The molecule has 10 nitrogen and oxygen atoms in total. The molecule has 0 aliphatic carbocycles. The second-order valence-electron chi connectivity index (χ2n) is 10.5. The molecular weight excluding hydrogens is 580 g/mol. The molecule has 0 unspecified atom stereocenters. The number of fused-ring (bicyclic) bond motifs is 1. The van der Waals surface area contributed by atoms with Crippen LogP contribution in [-0.4, -0.2) is 57.4 Å².